The van der Waals surface area contributed by atoms with Crippen molar-refractivity contribution in [1.82, 2.24) is 4.57 Å². The fourth-order valence-corrected chi connectivity index (χ4v) is 1.39. The Labute approximate surface area is 61.8 Å². The van der Waals surface area contributed by atoms with Crippen LogP contribution in [0.4, 0.5) is 0 Å². The smallest absolute Gasteiger partial charge is 0.213 e. The van der Waals surface area contributed by atoms with E-state index in [4.69, 9.17) is 0 Å². The Morgan fingerprint density at radius 3 is 3.20 bits per heavy atom. The van der Waals surface area contributed by atoms with Crippen molar-refractivity contribution >= 4 is 11.3 Å². The average molecular weight is 157 g/mol. The van der Waals surface area contributed by atoms with Gasteiger partial charge in [-0.25, -0.2) is 0 Å². The monoisotopic (exact) mass is 157 g/mol. The van der Waals surface area contributed by atoms with Gasteiger partial charge in [0.15, 0.2) is 0 Å². The van der Waals surface area contributed by atoms with Gasteiger partial charge in [-0.05, 0) is 6.92 Å². The Bertz CT molecular complexity index is 274. The molecule has 0 spiro atoms. The van der Waals surface area contributed by atoms with Crippen LogP contribution < -0.4 is 4.80 Å². The number of hydrogen-bond acceptors (Lipinski definition) is 3. The number of aromatic nitrogens is 1. The third kappa shape index (κ3) is 1.30. The molecule has 54 valence electrons. The van der Waals surface area contributed by atoms with Crippen LogP contribution in [-0.2, 0) is 6.54 Å². The van der Waals surface area contributed by atoms with Crippen molar-refractivity contribution in [2.75, 3.05) is 0 Å². The molecule has 1 aromatic rings. The van der Waals surface area contributed by atoms with Gasteiger partial charge in [-0.15, -0.1) is 16.2 Å². The van der Waals surface area contributed by atoms with E-state index in [2.05, 4.69) is 10.4 Å². The van der Waals surface area contributed by atoms with Gasteiger partial charge in [-0.2, -0.15) is 0 Å². The van der Waals surface area contributed by atoms with Crippen LogP contribution in [-0.4, -0.2) is 4.57 Å². The largest absolute Gasteiger partial charge is 0.322 e. The second kappa shape index (κ2) is 3.26. The van der Waals surface area contributed by atoms with Gasteiger partial charge >= 0.3 is 0 Å². The first-order chi connectivity index (χ1) is 4.88. The average Bonchev–Trinajstić information content (AvgIpc) is 2.36. The summed E-state index contributed by atoms with van der Waals surface area (Å²) in [5.74, 6) is 0. The minimum atomic E-state index is 0.650. The highest BCUT2D eigenvalue weighted by Gasteiger charge is 1.89. The van der Waals surface area contributed by atoms with Crippen molar-refractivity contribution in [3.05, 3.63) is 21.3 Å². The van der Waals surface area contributed by atoms with E-state index in [1.807, 2.05) is 23.1 Å². The van der Waals surface area contributed by atoms with Crippen LogP contribution in [0.1, 0.15) is 6.92 Å². The van der Waals surface area contributed by atoms with Gasteiger partial charge in [0.05, 0.1) is 5.29 Å². The van der Waals surface area contributed by atoms with Crippen molar-refractivity contribution in [1.29, 1.82) is 0 Å². The van der Waals surface area contributed by atoms with E-state index in [0.717, 1.165) is 6.54 Å². The minimum absolute atomic E-state index is 0.650. The van der Waals surface area contributed by atoms with Crippen LogP contribution in [0.2, 0.25) is 0 Å². The van der Waals surface area contributed by atoms with E-state index in [1.165, 1.54) is 11.3 Å². The molecule has 0 unspecified atom stereocenters. The van der Waals surface area contributed by atoms with Crippen molar-refractivity contribution in [2.24, 2.45) is 10.4 Å². The Balaban J connectivity index is 3.13. The number of nitroso groups, excluding NO2 is 1. The number of thiazole rings is 1. The summed E-state index contributed by atoms with van der Waals surface area (Å²) < 4.78 is 1.85. The summed E-state index contributed by atoms with van der Waals surface area (Å²) in [4.78, 5) is 10.4. The van der Waals surface area contributed by atoms with Crippen LogP contribution in [0, 0.1) is 4.91 Å². The van der Waals surface area contributed by atoms with E-state index in [-0.39, 0.29) is 0 Å². The number of aryl methyl sites for hydroxylation is 1. The molecule has 0 aliphatic carbocycles. The lowest BCUT2D eigenvalue weighted by Crippen LogP contribution is -2.11. The first kappa shape index (κ1) is 7.14. The molecular formula is C5H7N3OS. The molecule has 4 nitrogen and oxygen atoms in total. The lowest BCUT2D eigenvalue weighted by atomic mass is 10.7. The van der Waals surface area contributed by atoms with Crippen molar-refractivity contribution < 1.29 is 0 Å². The van der Waals surface area contributed by atoms with E-state index in [0.29, 0.717) is 4.80 Å². The highest BCUT2D eigenvalue weighted by molar-refractivity contribution is 7.07. The Hall–Kier alpha value is -0.970. The summed E-state index contributed by atoms with van der Waals surface area (Å²) in [6.07, 6.45) is 1.87. The van der Waals surface area contributed by atoms with Gasteiger partial charge in [0, 0.05) is 18.1 Å². The maximum Gasteiger partial charge on any atom is 0.213 e. The molecule has 0 aliphatic heterocycles. The molecule has 5 heteroatoms. The van der Waals surface area contributed by atoms with Crippen LogP contribution in [0.3, 0.4) is 0 Å². The Morgan fingerprint density at radius 1 is 1.80 bits per heavy atom. The van der Waals surface area contributed by atoms with Gasteiger partial charge in [-0.3, -0.25) is 0 Å². The molecule has 0 atom stereocenters. The molecule has 1 rings (SSSR count). The predicted molar refractivity (Wildman–Crippen MR) is 39.3 cm³/mol. The lowest BCUT2D eigenvalue weighted by molar-refractivity contribution is 0.728. The van der Waals surface area contributed by atoms with Crippen molar-refractivity contribution in [3.8, 4) is 0 Å². The van der Waals surface area contributed by atoms with Crippen molar-refractivity contribution in [3.63, 3.8) is 0 Å². The third-order valence-corrected chi connectivity index (χ3v) is 1.91. The standard InChI is InChI=1S/C5H7N3OS/c1-2-8-3-4-10-5(8)6-7-9/h3-4H,2H2,1H3/b6-5-. The van der Waals surface area contributed by atoms with E-state index >= 15 is 0 Å². The van der Waals surface area contributed by atoms with E-state index < -0.39 is 0 Å². The zero-order valence-corrected chi connectivity index (χ0v) is 6.34. The highest BCUT2D eigenvalue weighted by atomic mass is 32.1. The summed E-state index contributed by atoms with van der Waals surface area (Å²) >= 11 is 1.40. The van der Waals surface area contributed by atoms with Crippen LogP contribution >= 0.6 is 11.3 Å². The summed E-state index contributed by atoms with van der Waals surface area (Å²) in [5.41, 5.74) is 0. The molecule has 1 heterocycles. The zero-order chi connectivity index (χ0) is 7.40. The second-order valence-electron chi connectivity index (χ2n) is 1.65. The van der Waals surface area contributed by atoms with Crippen LogP contribution in [0.15, 0.2) is 22.0 Å². The van der Waals surface area contributed by atoms with Gasteiger partial charge in [0.1, 0.15) is 0 Å². The molecule has 0 radical (unpaired) electrons. The maximum atomic E-state index is 9.72. The number of hydrogen-bond donors (Lipinski definition) is 0. The lowest BCUT2D eigenvalue weighted by Gasteiger charge is -1.90. The first-order valence-electron chi connectivity index (χ1n) is 2.88. The summed E-state index contributed by atoms with van der Waals surface area (Å²) in [6, 6.07) is 0. The molecule has 0 aliphatic rings. The molecule has 0 N–H and O–H groups in total. The quantitative estimate of drug-likeness (QED) is 0.469. The van der Waals surface area contributed by atoms with Crippen molar-refractivity contribution in [2.45, 2.75) is 13.5 Å². The molecule has 0 fully saturated rings. The molecular weight excluding hydrogens is 150 g/mol. The van der Waals surface area contributed by atoms with Gasteiger partial charge < -0.3 is 4.57 Å². The fraction of sp³-hybridized carbons (Fsp3) is 0.400. The summed E-state index contributed by atoms with van der Waals surface area (Å²) in [5, 5.41) is 7.71. The molecule has 0 saturated carbocycles. The van der Waals surface area contributed by atoms with E-state index in [1.54, 1.807) is 0 Å². The van der Waals surface area contributed by atoms with Gasteiger partial charge in [0.2, 0.25) is 4.80 Å². The second-order valence-corrected chi connectivity index (χ2v) is 2.53. The maximum absolute atomic E-state index is 9.72. The molecule has 1 aromatic heterocycles. The molecule has 10 heavy (non-hydrogen) atoms. The van der Waals surface area contributed by atoms with Gasteiger partial charge in [-0.1, -0.05) is 5.10 Å². The molecule has 0 amide bonds. The summed E-state index contributed by atoms with van der Waals surface area (Å²) in [6.45, 7) is 2.80. The fourth-order valence-electron chi connectivity index (χ4n) is 0.653. The SMILES string of the molecule is CCn1ccs/c1=N\N=O. The minimum Gasteiger partial charge on any atom is -0.322 e. The Morgan fingerprint density at radius 2 is 2.60 bits per heavy atom. The first-order valence-corrected chi connectivity index (χ1v) is 3.76. The summed E-state index contributed by atoms with van der Waals surface area (Å²) in [7, 11) is 0. The normalized spacial score (nSPS) is 11.9. The van der Waals surface area contributed by atoms with E-state index in [9.17, 15) is 4.91 Å². The topological polar surface area (TPSA) is 46.7 Å². The number of nitrogens with zero attached hydrogens (tertiary/aromatic N) is 3. The van der Waals surface area contributed by atoms with Crippen LogP contribution in [0.5, 0.6) is 0 Å². The third-order valence-electron chi connectivity index (χ3n) is 1.13. The number of rotatable bonds is 2. The molecule has 0 bridgehead atoms. The molecule has 0 aromatic carbocycles. The zero-order valence-electron chi connectivity index (χ0n) is 5.52. The molecule has 0 saturated heterocycles. The Kier molecular flexibility index (Phi) is 2.33. The highest BCUT2D eigenvalue weighted by Crippen LogP contribution is 1.88. The van der Waals surface area contributed by atoms with Gasteiger partial charge in [0.25, 0.3) is 0 Å². The van der Waals surface area contributed by atoms with Crippen LogP contribution in [0.25, 0.3) is 0 Å². The predicted octanol–water partition coefficient (Wildman–Crippen LogP) is 1.15.